The molecule has 0 aliphatic carbocycles. The molecule has 0 fully saturated rings. The standard InChI is InChI=1S/C23H41N7O/c1-6-23(5,17-22(2,3)4)12-13-25-20(31)16-30-15-19(28-29-30)11-9-7-8-10-18-14-26-21(24)27-18/h14-15H,6-13,16-17H2,1-5H3,(H,25,31)(H3,24,26,27). The number of unbranched alkanes of at least 4 members (excludes halogenated alkanes) is 2. The summed E-state index contributed by atoms with van der Waals surface area (Å²) in [5.74, 6) is 0.462. The molecule has 1 amide bonds. The maximum Gasteiger partial charge on any atom is 0.241 e. The van der Waals surface area contributed by atoms with Gasteiger partial charge in [0.25, 0.3) is 0 Å². The molecule has 31 heavy (non-hydrogen) atoms. The van der Waals surface area contributed by atoms with Crippen molar-refractivity contribution in [3.63, 3.8) is 0 Å². The number of hydrogen-bond donors (Lipinski definition) is 3. The summed E-state index contributed by atoms with van der Waals surface area (Å²) in [6.45, 7) is 12.3. The summed E-state index contributed by atoms with van der Waals surface area (Å²) < 4.78 is 1.63. The highest BCUT2D eigenvalue weighted by Crippen LogP contribution is 2.38. The molecule has 0 bridgehead atoms. The first-order chi connectivity index (χ1) is 14.6. The molecule has 1 atom stereocenters. The van der Waals surface area contributed by atoms with Crippen molar-refractivity contribution in [1.29, 1.82) is 0 Å². The van der Waals surface area contributed by atoms with Crippen molar-refractivity contribution in [3.8, 4) is 0 Å². The summed E-state index contributed by atoms with van der Waals surface area (Å²) in [6.07, 6.45) is 11.9. The maximum atomic E-state index is 12.3. The molecule has 2 heterocycles. The number of nitrogens with zero attached hydrogens (tertiary/aromatic N) is 4. The van der Waals surface area contributed by atoms with E-state index in [1.807, 2.05) is 6.20 Å². The summed E-state index contributed by atoms with van der Waals surface area (Å²) in [7, 11) is 0. The minimum absolute atomic E-state index is 0.00973. The lowest BCUT2D eigenvalue weighted by molar-refractivity contribution is -0.121. The van der Waals surface area contributed by atoms with Crippen LogP contribution >= 0.6 is 0 Å². The van der Waals surface area contributed by atoms with E-state index >= 15 is 0 Å². The van der Waals surface area contributed by atoms with Gasteiger partial charge in [0.2, 0.25) is 5.91 Å². The van der Waals surface area contributed by atoms with Crippen molar-refractivity contribution < 1.29 is 4.79 Å². The molecule has 0 aliphatic rings. The van der Waals surface area contributed by atoms with Crippen LogP contribution in [0.1, 0.15) is 84.5 Å². The van der Waals surface area contributed by atoms with E-state index in [1.54, 1.807) is 10.9 Å². The number of H-pyrrole nitrogens is 1. The number of imidazole rings is 1. The highest BCUT2D eigenvalue weighted by atomic mass is 16.2. The van der Waals surface area contributed by atoms with Gasteiger partial charge in [-0.25, -0.2) is 9.67 Å². The number of aromatic amines is 1. The van der Waals surface area contributed by atoms with E-state index in [1.165, 1.54) is 0 Å². The van der Waals surface area contributed by atoms with Gasteiger partial charge < -0.3 is 16.0 Å². The Bertz CT molecular complexity index is 805. The Morgan fingerprint density at radius 3 is 2.58 bits per heavy atom. The van der Waals surface area contributed by atoms with Crippen LogP contribution in [0.4, 0.5) is 5.95 Å². The molecule has 2 aromatic rings. The molecule has 2 aromatic heterocycles. The number of carbonyl (C=O) groups excluding carboxylic acids is 1. The first-order valence-electron chi connectivity index (χ1n) is 11.5. The van der Waals surface area contributed by atoms with E-state index in [2.05, 4.69) is 60.2 Å². The Balaban J connectivity index is 1.64. The quantitative estimate of drug-likeness (QED) is 0.416. The summed E-state index contributed by atoms with van der Waals surface area (Å²) in [5, 5.41) is 11.4. The number of anilines is 1. The van der Waals surface area contributed by atoms with Gasteiger partial charge in [0, 0.05) is 18.4 Å². The Hall–Kier alpha value is -2.38. The van der Waals surface area contributed by atoms with Crippen molar-refractivity contribution in [2.75, 3.05) is 12.3 Å². The second-order valence-electron chi connectivity index (χ2n) is 10.3. The summed E-state index contributed by atoms with van der Waals surface area (Å²) in [5.41, 5.74) is 8.13. The third-order valence-electron chi connectivity index (χ3n) is 5.78. The SMILES string of the molecule is CCC(C)(CCNC(=O)Cn1cc(CCCCCc2cnc(N)[nH]2)nn1)CC(C)(C)C. The van der Waals surface area contributed by atoms with E-state index in [-0.39, 0.29) is 17.9 Å². The number of nitrogen functional groups attached to an aromatic ring is 1. The second kappa shape index (κ2) is 11.3. The van der Waals surface area contributed by atoms with Gasteiger partial charge in [-0.05, 0) is 49.4 Å². The van der Waals surface area contributed by atoms with Crippen molar-refractivity contribution in [3.05, 3.63) is 23.8 Å². The first kappa shape index (κ1) is 24.9. The molecule has 0 aliphatic heterocycles. The predicted molar refractivity (Wildman–Crippen MR) is 124 cm³/mol. The third-order valence-corrected chi connectivity index (χ3v) is 5.78. The highest BCUT2D eigenvalue weighted by Gasteiger charge is 2.28. The Kier molecular flexibility index (Phi) is 9.07. The summed E-state index contributed by atoms with van der Waals surface area (Å²) in [6, 6.07) is 0. The Morgan fingerprint density at radius 2 is 1.94 bits per heavy atom. The second-order valence-corrected chi connectivity index (χ2v) is 10.3. The minimum Gasteiger partial charge on any atom is -0.369 e. The van der Waals surface area contributed by atoms with Crippen molar-refractivity contribution in [2.45, 2.75) is 92.5 Å². The molecule has 0 saturated heterocycles. The van der Waals surface area contributed by atoms with Crippen LogP contribution in [-0.4, -0.2) is 37.4 Å². The number of rotatable bonds is 13. The Morgan fingerprint density at radius 1 is 1.19 bits per heavy atom. The zero-order chi connectivity index (χ0) is 22.9. The molecule has 0 saturated carbocycles. The van der Waals surface area contributed by atoms with Crippen LogP contribution in [0.3, 0.4) is 0 Å². The lowest BCUT2D eigenvalue weighted by Crippen LogP contribution is -2.33. The number of nitrogens with one attached hydrogen (secondary N) is 2. The van der Waals surface area contributed by atoms with Crippen LogP contribution in [0.15, 0.2) is 12.4 Å². The highest BCUT2D eigenvalue weighted by molar-refractivity contribution is 5.75. The van der Waals surface area contributed by atoms with Gasteiger partial charge in [-0.3, -0.25) is 4.79 Å². The molecule has 1 unspecified atom stereocenters. The molecule has 174 valence electrons. The molecule has 2 rings (SSSR count). The number of aryl methyl sites for hydroxylation is 2. The summed E-state index contributed by atoms with van der Waals surface area (Å²) in [4.78, 5) is 19.4. The molecule has 0 radical (unpaired) electrons. The van der Waals surface area contributed by atoms with E-state index in [0.717, 1.165) is 62.8 Å². The first-order valence-corrected chi connectivity index (χ1v) is 11.5. The average Bonchev–Trinajstić information content (AvgIpc) is 3.28. The molecule has 0 spiro atoms. The molecule has 0 aromatic carbocycles. The molecule has 8 heteroatoms. The van der Waals surface area contributed by atoms with Crippen LogP contribution < -0.4 is 11.1 Å². The zero-order valence-electron chi connectivity index (χ0n) is 20.0. The van der Waals surface area contributed by atoms with E-state index in [4.69, 9.17) is 5.73 Å². The number of amides is 1. The van der Waals surface area contributed by atoms with Crippen molar-refractivity contribution in [1.82, 2.24) is 30.3 Å². The molecular formula is C23H41N7O. The van der Waals surface area contributed by atoms with Crippen LogP contribution in [0.5, 0.6) is 0 Å². The number of aromatic nitrogens is 5. The van der Waals surface area contributed by atoms with E-state index in [0.29, 0.717) is 17.9 Å². The lowest BCUT2D eigenvalue weighted by Gasteiger charge is -2.35. The van der Waals surface area contributed by atoms with E-state index < -0.39 is 0 Å². The van der Waals surface area contributed by atoms with E-state index in [9.17, 15) is 4.79 Å². The zero-order valence-corrected chi connectivity index (χ0v) is 20.0. The fraction of sp³-hybridized carbons (Fsp3) is 0.739. The maximum absolute atomic E-state index is 12.3. The lowest BCUT2D eigenvalue weighted by atomic mass is 9.71. The largest absolute Gasteiger partial charge is 0.369 e. The molecular weight excluding hydrogens is 390 g/mol. The van der Waals surface area contributed by atoms with Gasteiger partial charge >= 0.3 is 0 Å². The summed E-state index contributed by atoms with van der Waals surface area (Å²) >= 11 is 0. The van der Waals surface area contributed by atoms with Crippen molar-refractivity contribution >= 4 is 11.9 Å². The van der Waals surface area contributed by atoms with Gasteiger partial charge in [-0.1, -0.05) is 52.7 Å². The third kappa shape index (κ3) is 9.53. The van der Waals surface area contributed by atoms with Crippen LogP contribution in [0.25, 0.3) is 0 Å². The average molecular weight is 432 g/mol. The van der Waals surface area contributed by atoms with Crippen LogP contribution in [0, 0.1) is 10.8 Å². The fourth-order valence-corrected chi connectivity index (χ4v) is 4.21. The van der Waals surface area contributed by atoms with Crippen LogP contribution in [0.2, 0.25) is 0 Å². The van der Waals surface area contributed by atoms with Gasteiger partial charge in [0.05, 0.1) is 11.9 Å². The Labute approximate surface area is 186 Å². The van der Waals surface area contributed by atoms with Gasteiger partial charge in [0.15, 0.2) is 5.95 Å². The topological polar surface area (TPSA) is 115 Å². The number of hydrogen-bond acceptors (Lipinski definition) is 5. The number of nitrogens with two attached hydrogens (primary N) is 1. The van der Waals surface area contributed by atoms with Crippen molar-refractivity contribution in [2.24, 2.45) is 10.8 Å². The number of carbonyl (C=O) groups is 1. The van der Waals surface area contributed by atoms with Gasteiger partial charge in [-0.2, -0.15) is 0 Å². The molecule has 8 nitrogen and oxygen atoms in total. The van der Waals surface area contributed by atoms with Crippen LogP contribution in [-0.2, 0) is 24.2 Å². The predicted octanol–water partition coefficient (Wildman–Crippen LogP) is 3.90. The smallest absolute Gasteiger partial charge is 0.241 e. The fourth-order valence-electron chi connectivity index (χ4n) is 4.21. The van der Waals surface area contributed by atoms with Gasteiger partial charge in [-0.15, -0.1) is 5.10 Å². The molecule has 4 N–H and O–H groups in total. The van der Waals surface area contributed by atoms with Gasteiger partial charge in [0.1, 0.15) is 6.54 Å². The normalized spacial score (nSPS) is 13.8. The minimum atomic E-state index is -0.00973. The monoisotopic (exact) mass is 431 g/mol.